The van der Waals surface area contributed by atoms with Crippen LogP contribution in [0.15, 0.2) is 41.8 Å². The fourth-order valence-corrected chi connectivity index (χ4v) is 5.71. The number of aliphatic hydroxyl groups is 1. The van der Waals surface area contributed by atoms with Crippen LogP contribution >= 0.6 is 7.75 Å². The van der Waals surface area contributed by atoms with Gasteiger partial charge < -0.3 is 29.6 Å². The monoisotopic (exact) mass is 605 g/mol. The van der Waals surface area contributed by atoms with Gasteiger partial charge in [0.2, 0.25) is 5.95 Å². The number of nitrogens with one attached hydrogen (secondary N) is 1. The van der Waals surface area contributed by atoms with E-state index in [1.165, 1.54) is 24.9 Å². The average Bonchev–Trinajstić information content (AvgIpc) is 3.48. The Bertz CT molecular complexity index is 1480. The van der Waals surface area contributed by atoms with Crippen LogP contribution in [-0.4, -0.2) is 74.7 Å². The van der Waals surface area contributed by atoms with E-state index in [-0.39, 0.29) is 24.0 Å². The van der Waals surface area contributed by atoms with Gasteiger partial charge in [-0.05, 0) is 38.4 Å². The molecular formula is C24H32N9O8P. The maximum absolute atomic E-state index is 13.8. The van der Waals surface area contributed by atoms with Gasteiger partial charge in [0.25, 0.3) is 0 Å². The molecule has 6 atom stereocenters. The van der Waals surface area contributed by atoms with E-state index in [2.05, 4.69) is 30.1 Å². The summed E-state index contributed by atoms with van der Waals surface area (Å²) in [4.78, 5) is 28.0. The molecule has 42 heavy (non-hydrogen) atoms. The summed E-state index contributed by atoms with van der Waals surface area (Å²) in [5.74, 6) is -0.526. The number of carbonyl (C=O) groups excluding carboxylic acids is 1. The number of azide groups is 1. The van der Waals surface area contributed by atoms with Crippen LogP contribution < -0.4 is 15.3 Å². The first-order valence-corrected chi connectivity index (χ1v) is 14.4. The molecule has 0 unspecified atom stereocenters. The van der Waals surface area contributed by atoms with Gasteiger partial charge in [0.15, 0.2) is 5.65 Å². The number of hydrogen-bond acceptors (Lipinski definition) is 13. The van der Waals surface area contributed by atoms with Gasteiger partial charge >= 0.3 is 13.7 Å². The van der Waals surface area contributed by atoms with Crippen LogP contribution in [0.25, 0.3) is 21.6 Å². The Hall–Kier alpha value is -3.82. The molecule has 1 aromatic carbocycles. The molecule has 0 spiro atoms. The Morgan fingerprint density at radius 2 is 2.05 bits per heavy atom. The topological polar surface area (TPSA) is 231 Å². The lowest BCUT2D eigenvalue weighted by molar-refractivity contribution is -0.149. The number of para-hydroxylation sites is 1. The molecule has 0 saturated carbocycles. The minimum atomic E-state index is -4.26. The summed E-state index contributed by atoms with van der Waals surface area (Å²) in [6, 6.07) is 5.94. The van der Waals surface area contributed by atoms with E-state index in [0.29, 0.717) is 11.2 Å². The number of nitrogens with two attached hydrogens (primary N) is 1. The quantitative estimate of drug-likeness (QED) is 0.0837. The molecule has 2 aromatic heterocycles. The van der Waals surface area contributed by atoms with Crippen molar-refractivity contribution in [2.75, 3.05) is 19.5 Å². The molecule has 226 valence electrons. The van der Waals surface area contributed by atoms with Gasteiger partial charge in [-0.2, -0.15) is 10.1 Å². The Kier molecular flexibility index (Phi) is 9.96. The Morgan fingerprint density at radius 1 is 1.31 bits per heavy atom. The summed E-state index contributed by atoms with van der Waals surface area (Å²) < 4.78 is 43.0. The van der Waals surface area contributed by atoms with E-state index in [9.17, 15) is 20.0 Å². The number of methoxy groups -OCH3 is 1. The number of rotatable bonds is 13. The van der Waals surface area contributed by atoms with Crippen molar-refractivity contribution in [1.82, 2.24) is 24.6 Å². The van der Waals surface area contributed by atoms with Crippen molar-refractivity contribution < 1.29 is 37.7 Å². The van der Waals surface area contributed by atoms with Crippen molar-refractivity contribution >= 4 is 30.8 Å². The third-order valence-corrected chi connectivity index (χ3v) is 7.67. The molecule has 18 heteroatoms. The lowest BCUT2D eigenvalue weighted by Gasteiger charge is -2.25. The molecule has 1 aliphatic rings. The van der Waals surface area contributed by atoms with E-state index in [4.69, 9.17) is 29.0 Å². The highest BCUT2D eigenvalue weighted by Crippen LogP contribution is 2.46. The molecule has 4 N–H and O–H groups in total. The van der Waals surface area contributed by atoms with Gasteiger partial charge in [0.1, 0.15) is 35.7 Å². The van der Waals surface area contributed by atoms with Crippen LogP contribution in [-0.2, 0) is 34.7 Å². The number of anilines is 1. The van der Waals surface area contributed by atoms with Crippen molar-refractivity contribution in [3.8, 4) is 5.75 Å². The molecule has 17 nitrogen and oxygen atoms in total. The van der Waals surface area contributed by atoms with Crippen molar-refractivity contribution in [3.05, 3.63) is 52.8 Å². The van der Waals surface area contributed by atoms with Gasteiger partial charge in [-0.25, -0.2) is 14.5 Å². The smallest absolute Gasteiger partial charge is 0.459 e. The summed E-state index contributed by atoms with van der Waals surface area (Å²) in [6.07, 6.45) is -2.69. The number of carbonyl (C=O) groups is 1. The van der Waals surface area contributed by atoms with Crippen molar-refractivity contribution in [3.63, 3.8) is 0 Å². The SMILES string of the molecule is COCc1nc(N)nc2c1ncn2[C@@H]1O[C@H](CO[P@](=O)(N[C@@H](C)C(=O)OC(C)C)Oc2ccccc2)[C@@H](O)[C@H]1N=[N+]=[N-]. The van der Waals surface area contributed by atoms with E-state index < -0.39 is 56.9 Å². The van der Waals surface area contributed by atoms with E-state index in [0.717, 1.165) is 0 Å². The number of imidazole rings is 1. The number of aromatic nitrogens is 4. The van der Waals surface area contributed by atoms with Crippen LogP contribution in [0.5, 0.6) is 5.75 Å². The van der Waals surface area contributed by atoms with Gasteiger partial charge in [-0.15, -0.1) is 0 Å². The summed E-state index contributed by atoms with van der Waals surface area (Å²) in [5, 5.41) is 17.3. The minimum Gasteiger partial charge on any atom is -0.462 e. The predicted octanol–water partition coefficient (Wildman–Crippen LogP) is 2.63. The highest BCUT2D eigenvalue weighted by Gasteiger charge is 2.46. The largest absolute Gasteiger partial charge is 0.462 e. The van der Waals surface area contributed by atoms with Gasteiger partial charge in [-0.1, -0.05) is 23.3 Å². The molecule has 0 radical (unpaired) electrons. The molecule has 3 heterocycles. The number of hydrogen-bond donors (Lipinski definition) is 3. The zero-order chi connectivity index (χ0) is 30.4. The Labute approximate surface area is 240 Å². The second-order valence-electron chi connectivity index (χ2n) is 9.57. The lowest BCUT2D eigenvalue weighted by atomic mass is 10.1. The zero-order valence-corrected chi connectivity index (χ0v) is 24.2. The Balaban J connectivity index is 1.58. The van der Waals surface area contributed by atoms with Gasteiger partial charge in [0.05, 0.1) is 37.4 Å². The van der Waals surface area contributed by atoms with Crippen LogP contribution in [0.3, 0.4) is 0 Å². The third-order valence-electron chi connectivity index (χ3n) is 6.02. The summed E-state index contributed by atoms with van der Waals surface area (Å²) in [7, 11) is -2.78. The van der Waals surface area contributed by atoms with Crippen LogP contribution in [0.1, 0.15) is 32.7 Å². The molecule has 0 amide bonds. The normalized spacial score (nSPS) is 22.4. The first-order chi connectivity index (χ1) is 20.0. The van der Waals surface area contributed by atoms with Crippen LogP contribution in [0.2, 0.25) is 0 Å². The number of ether oxygens (including phenoxy) is 3. The standard InChI is InChI=1S/C24H32N9O8P/c1-13(2)39-23(35)14(3)31-42(36,41-15-8-6-5-7-9-15)38-11-17-20(34)19(30-32-26)22(40-17)33-12-27-18-16(10-37-4)28-24(25)29-21(18)33/h5-9,12-14,17,19-20,22,34H,10-11H2,1-4H3,(H,31,36)(H2,25,28,29)/t14-,17+,19+,20+,22+,42+/m0/s1. The summed E-state index contributed by atoms with van der Waals surface area (Å²) in [6.45, 7) is 4.42. The van der Waals surface area contributed by atoms with Crippen molar-refractivity contribution in [2.45, 2.75) is 64.0 Å². The second-order valence-corrected chi connectivity index (χ2v) is 11.3. The average molecular weight is 606 g/mol. The van der Waals surface area contributed by atoms with E-state index in [1.807, 2.05) is 0 Å². The molecule has 1 aliphatic heterocycles. The molecular weight excluding hydrogens is 573 g/mol. The maximum atomic E-state index is 13.8. The Morgan fingerprint density at radius 3 is 2.71 bits per heavy atom. The van der Waals surface area contributed by atoms with Gasteiger partial charge in [-0.3, -0.25) is 13.9 Å². The summed E-state index contributed by atoms with van der Waals surface area (Å²) >= 11 is 0. The fourth-order valence-electron chi connectivity index (χ4n) is 4.20. The molecule has 3 aromatic rings. The van der Waals surface area contributed by atoms with Crippen molar-refractivity contribution in [1.29, 1.82) is 0 Å². The highest BCUT2D eigenvalue weighted by atomic mass is 31.2. The number of esters is 1. The number of nitrogen functional groups attached to an aromatic ring is 1. The van der Waals surface area contributed by atoms with E-state index in [1.54, 1.807) is 44.2 Å². The van der Waals surface area contributed by atoms with Crippen LogP contribution in [0, 0.1) is 0 Å². The highest BCUT2D eigenvalue weighted by molar-refractivity contribution is 7.52. The maximum Gasteiger partial charge on any atom is 0.459 e. The first-order valence-electron chi connectivity index (χ1n) is 12.9. The molecule has 1 fully saturated rings. The molecule has 4 rings (SSSR count). The van der Waals surface area contributed by atoms with E-state index >= 15 is 0 Å². The molecule has 0 aliphatic carbocycles. The summed E-state index contributed by atoms with van der Waals surface area (Å²) in [5.41, 5.74) is 16.1. The lowest BCUT2D eigenvalue weighted by Crippen LogP contribution is -2.37. The number of fused-ring (bicyclic) bond motifs is 1. The van der Waals surface area contributed by atoms with Crippen LogP contribution in [0.4, 0.5) is 5.95 Å². The minimum absolute atomic E-state index is 0.0507. The van der Waals surface area contributed by atoms with Crippen molar-refractivity contribution in [2.24, 2.45) is 5.11 Å². The molecule has 0 bridgehead atoms. The predicted molar refractivity (Wildman–Crippen MR) is 148 cm³/mol. The molecule has 1 saturated heterocycles. The zero-order valence-electron chi connectivity index (χ0n) is 23.3. The first kappa shape index (κ1) is 31.1. The van der Waals surface area contributed by atoms with Gasteiger partial charge in [0, 0.05) is 12.0 Å². The number of benzene rings is 1. The second kappa shape index (κ2) is 13.4. The fraction of sp³-hybridized carbons (Fsp3) is 0.500. The number of nitrogens with zero attached hydrogens (tertiary/aromatic N) is 7. The number of aliphatic hydroxyl groups excluding tert-OH is 1. The third kappa shape index (κ3) is 7.14.